The van der Waals surface area contributed by atoms with Gasteiger partial charge in [-0.15, -0.1) is 0 Å². The Morgan fingerprint density at radius 1 is 1.11 bits per heavy atom. The van der Waals surface area contributed by atoms with Gasteiger partial charge in [0.05, 0.1) is 5.69 Å². The summed E-state index contributed by atoms with van der Waals surface area (Å²) >= 11 is 0. The number of nitrogens with one attached hydrogen (secondary N) is 1. The van der Waals surface area contributed by atoms with Crippen molar-refractivity contribution < 1.29 is 0 Å². The highest BCUT2D eigenvalue weighted by molar-refractivity contribution is 5.18. The Balaban J connectivity index is 1.65. The summed E-state index contributed by atoms with van der Waals surface area (Å²) in [5, 5.41) is 0. The summed E-state index contributed by atoms with van der Waals surface area (Å²) in [7, 11) is 0. The Labute approximate surface area is 111 Å². The third kappa shape index (κ3) is 2.78. The van der Waals surface area contributed by atoms with Gasteiger partial charge in [-0.1, -0.05) is 45.4 Å². The maximum absolute atomic E-state index is 4.85. The summed E-state index contributed by atoms with van der Waals surface area (Å²) in [4.78, 5) is 8.48. The lowest BCUT2D eigenvalue weighted by atomic mass is 9.92. The maximum Gasteiger partial charge on any atom is 0.106 e. The standard InChI is InChI=1S/C16H26N2/c1-12-8-9-14-15(10-12)18-16(17-14)11-13-6-4-2-3-5-7-13/h12-13H,2-11H2,1H3,(H,17,18). The van der Waals surface area contributed by atoms with E-state index in [1.165, 1.54) is 81.4 Å². The molecule has 0 radical (unpaired) electrons. The molecule has 0 saturated heterocycles. The highest BCUT2D eigenvalue weighted by Gasteiger charge is 2.21. The molecule has 0 amide bonds. The van der Waals surface area contributed by atoms with Crippen LogP contribution >= 0.6 is 0 Å². The van der Waals surface area contributed by atoms with Crippen molar-refractivity contribution in [1.29, 1.82) is 0 Å². The Bertz CT molecular complexity index is 386. The van der Waals surface area contributed by atoms with Crippen molar-refractivity contribution in [3.05, 3.63) is 17.2 Å². The van der Waals surface area contributed by atoms with Crippen LogP contribution in [-0.2, 0) is 19.3 Å². The van der Waals surface area contributed by atoms with E-state index in [2.05, 4.69) is 11.9 Å². The molecule has 1 saturated carbocycles. The maximum atomic E-state index is 4.85. The molecule has 0 aromatic carbocycles. The molecule has 1 aromatic heterocycles. The number of fused-ring (bicyclic) bond motifs is 1. The quantitative estimate of drug-likeness (QED) is 0.784. The Hall–Kier alpha value is -0.790. The normalized spacial score (nSPS) is 25.7. The number of aromatic nitrogens is 2. The van der Waals surface area contributed by atoms with E-state index >= 15 is 0 Å². The number of H-pyrrole nitrogens is 1. The van der Waals surface area contributed by atoms with E-state index in [4.69, 9.17) is 4.98 Å². The van der Waals surface area contributed by atoms with Gasteiger partial charge < -0.3 is 4.98 Å². The fourth-order valence-electron chi connectivity index (χ4n) is 3.65. The van der Waals surface area contributed by atoms with Gasteiger partial charge >= 0.3 is 0 Å². The number of imidazole rings is 1. The van der Waals surface area contributed by atoms with Gasteiger partial charge in [-0.3, -0.25) is 0 Å². The molecule has 1 aromatic rings. The Kier molecular flexibility index (Phi) is 3.72. The Morgan fingerprint density at radius 3 is 2.67 bits per heavy atom. The van der Waals surface area contributed by atoms with Crippen molar-refractivity contribution in [1.82, 2.24) is 9.97 Å². The minimum absolute atomic E-state index is 0.837. The fraction of sp³-hybridized carbons (Fsp3) is 0.812. The molecule has 18 heavy (non-hydrogen) atoms. The lowest BCUT2D eigenvalue weighted by Gasteiger charge is -2.15. The highest BCUT2D eigenvalue weighted by Crippen LogP contribution is 2.27. The van der Waals surface area contributed by atoms with E-state index in [-0.39, 0.29) is 0 Å². The molecule has 2 aliphatic rings. The third-order valence-electron chi connectivity index (χ3n) is 4.80. The zero-order chi connectivity index (χ0) is 12.4. The molecule has 1 atom stereocenters. The van der Waals surface area contributed by atoms with Crippen LogP contribution in [0, 0.1) is 11.8 Å². The summed E-state index contributed by atoms with van der Waals surface area (Å²) < 4.78 is 0. The van der Waals surface area contributed by atoms with Crippen molar-refractivity contribution in [2.45, 2.75) is 71.1 Å². The first-order valence-corrected chi connectivity index (χ1v) is 7.88. The summed E-state index contributed by atoms with van der Waals surface area (Å²) in [6.45, 7) is 2.36. The SMILES string of the molecule is CC1CCc2nc(CC3CCCCCC3)[nH]c2C1. The second kappa shape index (κ2) is 5.46. The van der Waals surface area contributed by atoms with Crippen molar-refractivity contribution in [2.24, 2.45) is 11.8 Å². The fourth-order valence-corrected chi connectivity index (χ4v) is 3.65. The van der Waals surface area contributed by atoms with Gasteiger partial charge in [-0.25, -0.2) is 4.98 Å². The number of aromatic amines is 1. The van der Waals surface area contributed by atoms with Gasteiger partial charge in [0.15, 0.2) is 0 Å². The molecular formula is C16H26N2. The molecule has 1 N–H and O–H groups in total. The first-order valence-electron chi connectivity index (χ1n) is 7.88. The molecule has 0 bridgehead atoms. The zero-order valence-corrected chi connectivity index (χ0v) is 11.7. The summed E-state index contributed by atoms with van der Waals surface area (Å²) in [5.41, 5.74) is 2.81. The van der Waals surface area contributed by atoms with Crippen molar-refractivity contribution >= 4 is 0 Å². The van der Waals surface area contributed by atoms with Crippen molar-refractivity contribution in [2.75, 3.05) is 0 Å². The van der Waals surface area contributed by atoms with Crippen LogP contribution in [0.1, 0.15) is 69.1 Å². The van der Waals surface area contributed by atoms with E-state index in [1.54, 1.807) is 0 Å². The molecule has 2 nitrogen and oxygen atoms in total. The van der Waals surface area contributed by atoms with Gasteiger partial charge in [0.1, 0.15) is 5.82 Å². The topological polar surface area (TPSA) is 28.7 Å². The van der Waals surface area contributed by atoms with Gasteiger partial charge in [0.25, 0.3) is 0 Å². The molecule has 2 aliphatic carbocycles. The van der Waals surface area contributed by atoms with E-state index in [9.17, 15) is 0 Å². The smallest absolute Gasteiger partial charge is 0.106 e. The number of nitrogens with zero attached hydrogens (tertiary/aromatic N) is 1. The first kappa shape index (κ1) is 12.3. The van der Waals surface area contributed by atoms with E-state index < -0.39 is 0 Å². The molecular weight excluding hydrogens is 220 g/mol. The monoisotopic (exact) mass is 246 g/mol. The predicted octanol–water partition coefficient (Wildman–Crippen LogP) is 4.05. The number of rotatable bonds is 2. The highest BCUT2D eigenvalue weighted by atomic mass is 14.9. The van der Waals surface area contributed by atoms with Crippen molar-refractivity contribution in [3.63, 3.8) is 0 Å². The molecule has 1 heterocycles. The van der Waals surface area contributed by atoms with Crippen molar-refractivity contribution in [3.8, 4) is 0 Å². The molecule has 0 aliphatic heterocycles. The third-order valence-corrected chi connectivity index (χ3v) is 4.80. The van der Waals surface area contributed by atoms with Crippen LogP contribution in [0.25, 0.3) is 0 Å². The van der Waals surface area contributed by atoms with Gasteiger partial charge in [-0.05, 0) is 31.1 Å². The van der Waals surface area contributed by atoms with Gasteiger partial charge in [0.2, 0.25) is 0 Å². The average Bonchev–Trinajstić information content (AvgIpc) is 2.57. The van der Waals surface area contributed by atoms with Crippen LogP contribution in [0.4, 0.5) is 0 Å². The van der Waals surface area contributed by atoms with Crippen LogP contribution in [0.5, 0.6) is 0 Å². The number of aryl methyl sites for hydroxylation is 1. The Morgan fingerprint density at radius 2 is 1.89 bits per heavy atom. The van der Waals surface area contributed by atoms with E-state index in [0.717, 1.165) is 11.8 Å². The van der Waals surface area contributed by atoms with Gasteiger partial charge in [0, 0.05) is 12.1 Å². The lowest BCUT2D eigenvalue weighted by Crippen LogP contribution is -2.10. The van der Waals surface area contributed by atoms with Crippen LogP contribution in [0.2, 0.25) is 0 Å². The van der Waals surface area contributed by atoms with Crippen LogP contribution in [0.3, 0.4) is 0 Å². The minimum atomic E-state index is 0.837. The lowest BCUT2D eigenvalue weighted by molar-refractivity contribution is 0.449. The zero-order valence-electron chi connectivity index (χ0n) is 11.7. The molecule has 100 valence electrons. The summed E-state index contributed by atoms with van der Waals surface area (Å²) in [6.07, 6.45) is 13.5. The number of hydrogen-bond donors (Lipinski definition) is 1. The molecule has 1 fully saturated rings. The molecule has 2 heteroatoms. The summed E-state index contributed by atoms with van der Waals surface area (Å²) in [6, 6.07) is 0. The number of hydrogen-bond acceptors (Lipinski definition) is 1. The van der Waals surface area contributed by atoms with E-state index in [1.807, 2.05) is 0 Å². The molecule has 1 unspecified atom stereocenters. The predicted molar refractivity (Wildman–Crippen MR) is 74.7 cm³/mol. The van der Waals surface area contributed by atoms with Crippen LogP contribution in [0.15, 0.2) is 0 Å². The van der Waals surface area contributed by atoms with Crippen LogP contribution < -0.4 is 0 Å². The van der Waals surface area contributed by atoms with Gasteiger partial charge in [-0.2, -0.15) is 0 Å². The summed E-state index contributed by atoms with van der Waals surface area (Å²) in [5.74, 6) is 3.00. The second-order valence-electron chi connectivity index (χ2n) is 6.52. The van der Waals surface area contributed by atoms with Crippen LogP contribution in [-0.4, -0.2) is 9.97 Å². The minimum Gasteiger partial charge on any atom is -0.346 e. The first-order chi connectivity index (χ1) is 8.81. The molecule has 0 spiro atoms. The van der Waals surface area contributed by atoms with E-state index in [0.29, 0.717) is 0 Å². The largest absolute Gasteiger partial charge is 0.346 e. The average molecular weight is 246 g/mol. The molecule has 3 rings (SSSR count). The second-order valence-corrected chi connectivity index (χ2v) is 6.52.